The van der Waals surface area contributed by atoms with Gasteiger partial charge in [0.15, 0.2) is 0 Å². The van der Waals surface area contributed by atoms with E-state index in [9.17, 15) is 9.59 Å². The molecule has 0 bridgehead atoms. The molecule has 0 aromatic heterocycles. The topological polar surface area (TPSA) is 55.4 Å². The second-order valence-corrected chi connectivity index (χ2v) is 13.0. The largest absolute Gasteiger partial charge is 0.464 e. The molecule has 4 heteroatoms. The van der Waals surface area contributed by atoms with Gasteiger partial charge >= 0.3 is 5.97 Å². The van der Waals surface area contributed by atoms with Crippen molar-refractivity contribution in [2.24, 2.45) is 0 Å². The van der Waals surface area contributed by atoms with Crippen LogP contribution < -0.4 is 5.32 Å². The Morgan fingerprint density at radius 2 is 0.690 bits per heavy atom. The number of amides is 1. The number of esters is 1. The van der Waals surface area contributed by atoms with E-state index in [1.165, 1.54) is 173 Å². The first-order valence-electron chi connectivity index (χ1n) is 19.1. The van der Waals surface area contributed by atoms with Gasteiger partial charge in [-0.15, -0.1) is 0 Å². The molecule has 0 unspecified atom stereocenters. The van der Waals surface area contributed by atoms with E-state index in [0.29, 0.717) is 13.0 Å². The SMILES string of the molecule is CCCCCCCCCCCCCCCCCCOC(=O)CNC(=O)CCCCCCCCCCCCCCCCC. The first kappa shape index (κ1) is 40.9. The van der Waals surface area contributed by atoms with Crippen LogP contribution in [0.4, 0.5) is 0 Å². The number of hydrogen-bond donors (Lipinski definition) is 1. The lowest BCUT2D eigenvalue weighted by Crippen LogP contribution is -2.30. The van der Waals surface area contributed by atoms with Gasteiger partial charge in [0.1, 0.15) is 6.54 Å². The second-order valence-electron chi connectivity index (χ2n) is 13.0. The van der Waals surface area contributed by atoms with E-state index < -0.39 is 0 Å². The molecule has 250 valence electrons. The minimum Gasteiger partial charge on any atom is -0.464 e. The maximum atomic E-state index is 12.0. The van der Waals surface area contributed by atoms with Crippen LogP contribution in [-0.4, -0.2) is 25.0 Å². The average Bonchev–Trinajstić information content (AvgIpc) is 2.99. The van der Waals surface area contributed by atoms with Crippen molar-refractivity contribution in [2.45, 2.75) is 219 Å². The van der Waals surface area contributed by atoms with Crippen LogP contribution >= 0.6 is 0 Å². The summed E-state index contributed by atoms with van der Waals surface area (Å²) in [6, 6.07) is 0. The zero-order valence-electron chi connectivity index (χ0n) is 28.8. The number of rotatable bonds is 35. The predicted octanol–water partition coefficient (Wildman–Crippen LogP) is 12.2. The van der Waals surface area contributed by atoms with E-state index >= 15 is 0 Å². The number of nitrogens with one attached hydrogen (secondary N) is 1. The van der Waals surface area contributed by atoms with E-state index in [-0.39, 0.29) is 18.4 Å². The first-order valence-corrected chi connectivity index (χ1v) is 19.1. The van der Waals surface area contributed by atoms with E-state index in [2.05, 4.69) is 19.2 Å². The molecule has 0 aromatic carbocycles. The molecule has 1 amide bonds. The fraction of sp³-hybridized carbons (Fsp3) is 0.947. The van der Waals surface area contributed by atoms with Crippen molar-refractivity contribution < 1.29 is 14.3 Å². The minimum atomic E-state index is -0.305. The highest BCUT2D eigenvalue weighted by Crippen LogP contribution is 2.15. The van der Waals surface area contributed by atoms with Gasteiger partial charge < -0.3 is 10.1 Å². The van der Waals surface area contributed by atoms with Crippen molar-refractivity contribution in [3.8, 4) is 0 Å². The second kappa shape index (κ2) is 36.1. The molecular weight excluding hydrogens is 518 g/mol. The molecule has 0 heterocycles. The van der Waals surface area contributed by atoms with Crippen LogP contribution in [0.25, 0.3) is 0 Å². The van der Waals surface area contributed by atoms with Gasteiger partial charge in [0.25, 0.3) is 0 Å². The van der Waals surface area contributed by atoms with Gasteiger partial charge in [-0.25, -0.2) is 0 Å². The fourth-order valence-electron chi connectivity index (χ4n) is 5.80. The summed E-state index contributed by atoms with van der Waals surface area (Å²) in [4.78, 5) is 23.9. The molecule has 0 aromatic rings. The summed E-state index contributed by atoms with van der Waals surface area (Å²) in [7, 11) is 0. The van der Waals surface area contributed by atoms with Crippen molar-refractivity contribution >= 4 is 11.9 Å². The maximum absolute atomic E-state index is 12.0. The molecule has 0 saturated carbocycles. The molecule has 0 aliphatic rings. The number of carbonyl (C=O) groups excluding carboxylic acids is 2. The van der Waals surface area contributed by atoms with Crippen molar-refractivity contribution in [1.82, 2.24) is 5.32 Å². The summed E-state index contributed by atoms with van der Waals surface area (Å²) in [5.41, 5.74) is 0. The van der Waals surface area contributed by atoms with Crippen LogP contribution in [0.2, 0.25) is 0 Å². The summed E-state index contributed by atoms with van der Waals surface area (Å²) in [5.74, 6) is -0.329. The number of ether oxygens (including phenoxy) is 1. The number of unbranched alkanes of at least 4 members (excludes halogenated alkanes) is 29. The van der Waals surface area contributed by atoms with Crippen LogP contribution in [0.15, 0.2) is 0 Å². The first-order chi connectivity index (χ1) is 20.7. The van der Waals surface area contributed by atoms with E-state index in [4.69, 9.17) is 4.74 Å². The molecular formula is C38H75NO3. The summed E-state index contributed by atoms with van der Waals surface area (Å²) in [6.45, 7) is 5.05. The zero-order chi connectivity index (χ0) is 30.6. The van der Waals surface area contributed by atoms with Gasteiger partial charge in [0.2, 0.25) is 5.91 Å². The standard InChI is InChI=1S/C38H75NO3/c1-3-5-7-9-11-13-15-17-19-21-23-25-27-29-31-33-35-42-38(41)36-39-37(40)34-32-30-28-26-24-22-20-18-16-14-12-10-8-6-4-2/h3-36H2,1-2H3,(H,39,40). The van der Waals surface area contributed by atoms with Crippen molar-refractivity contribution in [1.29, 1.82) is 0 Å². The third-order valence-corrected chi connectivity index (χ3v) is 8.70. The van der Waals surface area contributed by atoms with Crippen molar-refractivity contribution in [2.75, 3.05) is 13.2 Å². The van der Waals surface area contributed by atoms with Gasteiger partial charge in [-0.05, 0) is 12.8 Å². The lowest BCUT2D eigenvalue weighted by atomic mass is 10.0. The van der Waals surface area contributed by atoms with Gasteiger partial charge in [0.05, 0.1) is 6.61 Å². The Morgan fingerprint density at radius 1 is 0.405 bits per heavy atom. The zero-order valence-corrected chi connectivity index (χ0v) is 28.8. The highest BCUT2D eigenvalue weighted by Gasteiger charge is 2.06. The highest BCUT2D eigenvalue weighted by atomic mass is 16.5. The Labute approximate surface area is 263 Å². The molecule has 0 radical (unpaired) electrons. The third-order valence-electron chi connectivity index (χ3n) is 8.70. The van der Waals surface area contributed by atoms with E-state index in [0.717, 1.165) is 25.7 Å². The number of hydrogen-bond acceptors (Lipinski definition) is 3. The van der Waals surface area contributed by atoms with Crippen LogP contribution in [0.5, 0.6) is 0 Å². The summed E-state index contributed by atoms with van der Waals surface area (Å²) in [5, 5.41) is 2.73. The fourth-order valence-corrected chi connectivity index (χ4v) is 5.80. The molecule has 1 N–H and O–H groups in total. The van der Waals surface area contributed by atoms with Crippen LogP contribution in [0, 0.1) is 0 Å². The average molecular weight is 594 g/mol. The molecule has 0 spiro atoms. The van der Waals surface area contributed by atoms with E-state index in [1.54, 1.807) is 0 Å². The van der Waals surface area contributed by atoms with Crippen molar-refractivity contribution in [3.63, 3.8) is 0 Å². The molecule has 0 fully saturated rings. The smallest absolute Gasteiger partial charge is 0.325 e. The highest BCUT2D eigenvalue weighted by molar-refractivity contribution is 5.81. The van der Waals surface area contributed by atoms with Gasteiger partial charge in [-0.2, -0.15) is 0 Å². The lowest BCUT2D eigenvalue weighted by molar-refractivity contribution is -0.144. The molecule has 0 atom stereocenters. The van der Waals surface area contributed by atoms with Crippen LogP contribution in [0.3, 0.4) is 0 Å². The molecule has 4 nitrogen and oxygen atoms in total. The summed E-state index contributed by atoms with van der Waals surface area (Å²) >= 11 is 0. The Hall–Kier alpha value is -1.06. The third kappa shape index (κ3) is 35.1. The van der Waals surface area contributed by atoms with Gasteiger partial charge in [-0.1, -0.05) is 200 Å². The van der Waals surface area contributed by atoms with E-state index in [1.807, 2.05) is 0 Å². The van der Waals surface area contributed by atoms with Crippen molar-refractivity contribution in [3.05, 3.63) is 0 Å². The summed E-state index contributed by atoms with van der Waals surface area (Å²) in [6.07, 6.45) is 41.7. The molecule has 0 rings (SSSR count). The van der Waals surface area contributed by atoms with Crippen LogP contribution in [0.1, 0.15) is 219 Å². The van der Waals surface area contributed by atoms with Gasteiger partial charge in [0, 0.05) is 6.42 Å². The molecule has 0 saturated heterocycles. The summed E-state index contributed by atoms with van der Waals surface area (Å²) < 4.78 is 5.29. The predicted molar refractivity (Wildman–Crippen MR) is 183 cm³/mol. The Morgan fingerprint density at radius 3 is 1.02 bits per heavy atom. The maximum Gasteiger partial charge on any atom is 0.325 e. The van der Waals surface area contributed by atoms with Crippen LogP contribution in [-0.2, 0) is 14.3 Å². The Bertz CT molecular complexity index is 550. The quantitative estimate of drug-likeness (QED) is 0.0587. The molecule has 0 aliphatic carbocycles. The van der Waals surface area contributed by atoms with Gasteiger partial charge in [-0.3, -0.25) is 9.59 Å². The Balaban J connectivity index is 3.26. The normalized spacial score (nSPS) is 11.2. The number of carbonyl (C=O) groups is 2. The lowest BCUT2D eigenvalue weighted by Gasteiger charge is -2.07. The molecule has 0 aliphatic heterocycles. The monoisotopic (exact) mass is 594 g/mol. The minimum absolute atomic E-state index is 0.0103. The molecule has 42 heavy (non-hydrogen) atoms. The Kier molecular flexibility index (Phi) is 35.2.